The topological polar surface area (TPSA) is 72.7 Å². The number of rotatable bonds is 3. The molecule has 0 radical (unpaired) electrons. The molecule has 0 saturated carbocycles. The summed E-state index contributed by atoms with van der Waals surface area (Å²) in [6, 6.07) is 4.35. The van der Waals surface area contributed by atoms with Crippen molar-refractivity contribution in [1.82, 2.24) is 4.90 Å². The Morgan fingerprint density at radius 3 is 2.65 bits per heavy atom. The predicted octanol–water partition coefficient (Wildman–Crippen LogP) is 2.45. The minimum absolute atomic E-state index is 0.00972. The highest BCUT2D eigenvalue weighted by Crippen LogP contribution is 2.32. The minimum Gasteiger partial charge on any atom is -0.490 e. The van der Waals surface area contributed by atoms with Gasteiger partial charge in [0, 0.05) is 24.5 Å². The van der Waals surface area contributed by atoms with Gasteiger partial charge in [0.05, 0.1) is 17.6 Å². The first-order chi connectivity index (χ1) is 9.54. The van der Waals surface area contributed by atoms with Crippen molar-refractivity contribution >= 4 is 23.2 Å². The van der Waals surface area contributed by atoms with Crippen molar-refractivity contribution in [3.63, 3.8) is 0 Å². The van der Waals surface area contributed by atoms with E-state index in [1.807, 2.05) is 0 Å². The van der Waals surface area contributed by atoms with Gasteiger partial charge in [-0.1, -0.05) is 6.07 Å². The second-order valence-electron chi connectivity index (χ2n) is 4.58. The van der Waals surface area contributed by atoms with Crippen molar-refractivity contribution in [2.45, 2.75) is 18.2 Å². The summed E-state index contributed by atoms with van der Waals surface area (Å²) in [5.74, 6) is -0.246. The van der Waals surface area contributed by atoms with Crippen LogP contribution in [0.5, 0.6) is 5.75 Å². The van der Waals surface area contributed by atoms with Gasteiger partial charge in [-0.15, -0.1) is 11.6 Å². The Morgan fingerprint density at radius 2 is 2.10 bits per heavy atom. The first-order valence-corrected chi connectivity index (χ1v) is 6.73. The minimum atomic E-state index is -0.555. The lowest BCUT2D eigenvalue weighted by molar-refractivity contribution is -0.385. The number of benzene rings is 1. The summed E-state index contributed by atoms with van der Waals surface area (Å²) in [7, 11) is 1.32. The number of carbonyl (C=O) groups excluding carboxylic acids is 1. The average molecular weight is 299 g/mol. The first-order valence-electron chi connectivity index (χ1n) is 6.29. The van der Waals surface area contributed by atoms with E-state index in [9.17, 15) is 14.9 Å². The van der Waals surface area contributed by atoms with Crippen LogP contribution in [-0.2, 0) is 0 Å². The molecule has 0 unspecified atom stereocenters. The van der Waals surface area contributed by atoms with Crippen LogP contribution >= 0.6 is 11.6 Å². The van der Waals surface area contributed by atoms with Gasteiger partial charge in [0.1, 0.15) is 0 Å². The summed E-state index contributed by atoms with van der Waals surface area (Å²) in [6.07, 6.45) is 1.45. The van der Waals surface area contributed by atoms with Crippen LogP contribution in [0, 0.1) is 10.1 Å². The number of hydrogen-bond acceptors (Lipinski definition) is 4. The van der Waals surface area contributed by atoms with Gasteiger partial charge in [0.2, 0.25) is 5.75 Å². The zero-order valence-electron chi connectivity index (χ0n) is 11.0. The Hall–Kier alpha value is -1.82. The molecule has 1 aromatic carbocycles. The Balaban J connectivity index is 2.30. The van der Waals surface area contributed by atoms with Crippen LogP contribution in [0.2, 0.25) is 0 Å². The lowest BCUT2D eigenvalue weighted by atomic mass is 10.1. The van der Waals surface area contributed by atoms with E-state index in [0.717, 1.165) is 12.8 Å². The molecule has 6 nitrogen and oxygen atoms in total. The third kappa shape index (κ3) is 2.85. The number of ether oxygens (including phenoxy) is 1. The molecule has 1 aliphatic heterocycles. The van der Waals surface area contributed by atoms with E-state index in [1.165, 1.54) is 19.2 Å². The maximum atomic E-state index is 12.4. The maximum Gasteiger partial charge on any atom is 0.311 e. The fourth-order valence-electron chi connectivity index (χ4n) is 2.27. The van der Waals surface area contributed by atoms with Crippen molar-refractivity contribution in [2.75, 3.05) is 20.2 Å². The quantitative estimate of drug-likeness (QED) is 0.488. The largest absolute Gasteiger partial charge is 0.490 e. The summed E-state index contributed by atoms with van der Waals surface area (Å²) >= 11 is 6.01. The van der Waals surface area contributed by atoms with Crippen molar-refractivity contribution in [2.24, 2.45) is 0 Å². The number of nitro benzene ring substituents is 1. The zero-order chi connectivity index (χ0) is 14.7. The molecule has 7 heteroatoms. The lowest BCUT2D eigenvalue weighted by Gasteiger charge is -2.29. The summed E-state index contributed by atoms with van der Waals surface area (Å²) in [4.78, 5) is 24.5. The van der Waals surface area contributed by atoms with Crippen molar-refractivity contribution in [1.29, 1.82) is 0 Å². The number of nitrogens with zero attached hydrogens (tertiary/aromatic N) is 2. The van der Waals surface area contributed by atoms with Crippen LogP contribution < -0.4 is 4.74 Å². The van der Waals surface area contributed by atoms with Crippen LogP contribution in [0.4, 0.5) is 5.69 Å². The SMILES string of the molecule is COc1c(C(=O)N2CCC(Cl)CC2)cccc1[N+](=O)[O-]. The maximum absolute atomic E-state index is 12.4. The van der Waals surface area contributed by atoms with Crippen LogP contribution in [0.1, 0.15) is 23.2 Å². The molecule has 0 spiro atoms. The number of alkyl halides is 1. The van der Waals surface area contributed by atoms with Crippen molar-refractivity contribution < 1.29 is 14.5 Å². The van der Waals surface area contributed by atoms with E-state index >= 15 is 0 Å². The number of para-hydroxylation sites is 1. The molecule has 0 N–H and O–H groups in total. The van der Waals surface area contributed by atoms with E-state index < -0.39 is 4.92 Å². The molecule has 1 heterocycles. The van der Waals surface area contributed by atoms with Gasteiger partial charge in [-0.25, -0.2) is 0 Å². The highest BCUT2D eigenvalue weighted by atomic mass is 35.5. The second kappa shape index (κ2) is 6.09. The number of nitro groups is 1. The normalized spacial score (nSPS) is 16.0. The molecule has 20 heavy (non-hydrogen) atoms. The fourth-order valence-corrected chi connectivity index (χ4v) is 2.47. The smallest absolute Gasteiger partial charge is 0.311 e. The zero-order valence-corrected chi connectivity index (χ0v) is 11.8. The third-order valence-corrected chi connectivity index (χ3v) is 3.77. The third-order valence-electron chi connectivity index (χ3n) is 3.34. The van der Waals surface area contributed by atoms with Gasteiger partial charge in [-0.2, -0.15) is 0 Å². The highest BCUT2D eigenvalue weighted by molar-refractivity contribution is 6.20. The Kier molecular flexibility index (Phi) is 4.44. The molecule has 1 fully saturated rings. The molecule has 108 valence electrons. The molecule has 2 rings (SSSR count). The standard InChI is InChI=1S/C13H15ClN2O4/c1-20-12-10(3-2-4-11(12)16(18)19)13(17)15-7-5-9(14)6-8-15/h2-4,9H,5-8H2,1H3. The van der Waals surface area contributed by atoms with Gasteiger partial charge < -0.3 is 9.64 Å². The second-order valence-corrected chi connectivity index (χ2v) is 5.20. The molecular weight excluding hydrogens is 284 g/mol. The molecule has 0 aliphatic carbocycles. The molecule has 1 aromatic rings. The monoisotopic (exact) mass is 298 g/mol. The number of methoxy groups -OCH3 is 1. The molecule has 0 aromatic heterocycles. The van der Waals surface area contributed by atoms with Gasteiger partial charge in [0.15, 0.2) is 0 Å². The predicted molar refractivity (Wildman–Crippen MR) is 74.4 cm³/mol. The van der Waals surface area contributed by atoms with Crippen LogP contribution in [0.25, 0.3) is 0 Å². The summed E-state index contributed by atoms with van der Waals surface area (Å²) in [5.41, 5.74) is 0.0142. The summed E-state index contributed by atoms with van der Waals surface area (Å²) < 4.78 is 5.06. The highest BCUT2D eigenvalue weighted by Gasteiger charge is 2.28. The van der Waals surface area contributed by atoms with Crippen molar-refractivity contribution in [3.05, 3.63) is 33.9 Å². The van der Waals surface area contributed by atoms with Gasteiger partial charge in [-0.05, 0) is 18.9 Å². The van der Waals surface area contributed by atoms with Crippen LogP contribution in [0.15, 0.2) is 18.2 Å². The van der Waals surface area contributed by atoms with Crippen LogP contribution in [-0.4, -0.2) is 41.3 Å². The fraction of sp³-hybridized carbons (Fsp3) is 0.462. The Labute approximate surface area is 121 Å². The number of likely N-dealkylation sites (tertiary alicyclic amines) is 1. The van der Waals surface area contributed by atoms with Crippen molar-refractivity contribution in [3.8, 4) is 5.75 Å². The lowest BCUT2D eigenvalue weighted by Crippen LogP contribution is -2.39. The molecule has 1 aliphatic rings. The van der Waals surface area contributed by atoms with E-state index in [1.54, 1.807) is 11.0 Å². The number of amides is 1. The number of carbonyl (C=O) groups is 1. The number of piperidine rings is 1. The molecule has 0 bridgehead atoms. The first kappa shape index (κ1) is 14.6. The summed E-state index contributed by atoms with van der Waals surface area (Å²) in [5, 5.41) is 11.0. The summed E-state index contributed by atoms with van der Waals surface area (Å²) in [6.45, 7) is 1.11. The van der Waals surface area contributed by atoms with Gasteiger partial charge in [-0.3, -0.25) is 14.9 Å². The van der Waals surface area contributed by atoms with E-state index in [-0.39, 0.29) is 28.3 Å². The Morgan fingerprint density at radius 1 is 1.45 bits per heavy atom. The van der Waals surface area contributed by atoms with Crippen LogP contribution in [0.3, 0.4) is 0 Å². The van der Waals surface area contributed by atoms with E-state index in [2.05, 4.69) is 0 Å². The van der Waals surface area contributed by atoms with Gasteiger partial charge >= 0.3 is 5.69 Å². The van der Waals surface area contributed by atoms with E-state index in [4.69, 9.17) is 16.3 Å². The number of hydrogen-bond donors (Lipinski definition) is 0. The molecule has 1 saturated heterocycles. The molecule has 0 atom stereocenters. The molecular formula is C13H15ClN2O4. The van der Waals surface area contributed by atoms with E-state index in [0.29, 0.717) is 13.1 Å². The Bertz CT molecular complexity index is 527. The average Bonchev–Trinajstić information content (AvgIpc) is 2.46. The molecule has 1 amide bonds. The van der Waals surface area contributed by atoms with Gasteiger partial charge in [0.25, 0.3) is 5.91 Å². The number of halogens is 1.